The van der Waals surface area contributed by atoms with Crippen molar-refractivity contribution in [3.63, 3.8) is 0 Å². The quantitative estimate of drug-likeness (QED) is 0.671. The first kappa shape index (κ1) is 14.7. The van der Waals surface area contributed by atoms with Gasteiger partial charge in [0.05, 0.1) is 6.61 Å². The zero-order valence-corrected chi connectivity index (χ0v) is 12.5. The van der Waals surface area contributed by atoms with Crippen LogP contribution in [-0.4, -0.2) is 12.6 Å². The summed E-state index contributed by atoms with van der Waals surface area (Å²) < 4.78 is 5.89. The van der Waals surface area contributed by atoms with Crippen molar-refractivity contribution in [2.45, 2.75) is 58.0 Å². The summed E-state index contributed by atoms with van der Waals surface area (Å²) in [7, 11) is 0. The van der Waals surface area contributed by atoms with E-state index >= 15 is 0 Å². The standard InChI is InChI=1S/C16H24ClNO/c1-2-3-4-5-10-19-16-9-6-14(17)11-13(16)12-18-15-7-8-15/h6,9,11,15,18H,2-5,7-8,10,12H2,1H3. The number of hydrogen-bond donors (Lipinski definition) is 1. The summed E-state index contributed by atoms with van der Waals surface area (Å²) in [6.07, 6.45) is 7.53. The topological polar surface area (TPSA) is 21.3 Å². The Labute approximate surface area is 121 Å². The van der Waals surface area contributed by atoms with Gasteiger partial charge in [-0.2, -0.15) is 0 Å². The van der Waals surface area contributed by atoms with E-state index in [1.807, 2.05) is 18.2 Å². The third-order valence-electron chi connectivity index (χ3n) is 3.44. The molecular formula is C16H24ClNO. The highest BCUT2D eigenvalue weighted by molar-refractivity contribution is 6.30. The van der Waals surface area contributed by atoms with Gasteiger partial charge >= 0.3 is 0 Å². The molecule has 2 rings (SSSR count). The molecule has 0 spiro atoms. The van der Waals surface area contributed by atoms with Crippen molar-refractivity contribution in [2.24, 2.45) is 0 Å². The van der Waals surface area contributed by atoms with Gasteiger partial charge in [0.15, 0.2) is 0 Å². The van der Waals surface area contributed by atoms with Crippen molar-refractivity contribution in [3.8, 4) is 5.75 Å². The number of halogens is 1. The van der Waals surface area contributed by atoms with Crippen molar-refractivity contribution in [3.05, 3.63) is 28.8 Å². The first-order valence-electron chi connectivity index (χ1n) is 7.44. The van der Waals surface area contributed by atoms with E-state index in [0.717, 1.165) is 30.3 Å². The Bertz CT molecular complexity index is 390. The van der Waals surface area contributed by atoms with E-state index in [1.54, 1.807) is 0 Å². The van der Waals surface area contributed by atoms with Crippen molar-refractivity contribution >= 4 is 11.6 Å². The first-order chi connectivity index (χ1) is 9.29. The molecule has 0 saturated heterocycles. The highest BCUT2D eigenvalue weighted by Gasteiger charge is 2.20. The van der Waals surface area contributed by atoms with Crippen LogP contribution in [-0.2, 0) is 6.54 Å². The summed E-state index contributed by atoms with van der Waals surface area (Å²) in [5.74, 6) is 0.981. The molecule has 1 fully saturated rings. The lowest BCUT2D eigenvalue weighted by Crippen LogP contribution is -2.16. The Morgan fingerprint density at radius 2 is 2.11 bits per heavy atom. The molecule has 1 aromatic carbocycles. The van der Waals surface area contributed by atoms with Gasteiger partial charge in [-0.3, -0.25) is 0 Å². The summed E-state index contributed by atoms with van der Waals surface area (Å²) in [6, 6.07) is 6.62. The lowest BCUT2D eigenvalue weighted by Gasteiger charge is -2.12. The fraction of sp³-hybridized carbons (Fsp3) is 0.625. The lowest BCUT2D eigenvalue weighted by atomic mass is 10.2. The molecule has 1 N–H and O–H groups in total. The van der Waals surface area contributed by atoms with Gasteiger partial charge < -0.3 is 10.1 Å². The van der Waals surface area contributed by atoms with Crippen molar-refractivity contribution in [2.75, 3.05) is 6.61 Å². The maximum Gasteiger partial charge on any atom is 0.123 e. The molecule has 0 aromatic heterocycles. The van der Waals surface area contributed by atoms with Gasteiger partial charge in [0, 0.05) is 23.2 Å². The predicted octanol–water partition coefficient (Wildman–Crippen LogP) is 4.55. The second-order valence-electron chi connectivity index (χ2n) is 5.32. The van der Waals surface area contributed by atoms with Gasteiger partial charge in [0.25, 0.3) is 0 Å². The number of benzene rings is 1. The maximum absolute atomic E-state index is 6.07. The highest BCUT2D eigenvalue weighted by Crippen LogP contribution is 2.25. The van der Waals surface area contributed by atoms with Gasteiger partial charge in [-0.15, -0.1) is 0 Å². The molecule has 0 atom stereocenters. The monoisotopic (exact) mass is 281 g/mol. The van der Waals surface area contributed by atoms with Crippen molar-refractivity contribution < 1.29 is 4.74 Å². The van der Waals surface area contributed by atoms with Crippen molar-refractivity contribution in [1.82, 2.24) is 5.32 Å². The van der Waals surface area contributed by atoms with Gasteiger partial charge in [-0.1, -0.05) is 37.8 Å². The summed E-state index contributed by atoms with van der Waals surface area (Å²) in [4.78, 5) is 0. The molecule has 1 aromatic rings. The summed E-state index contributed by atoms with van der Waals surface area (Å²) in [5, 5.41) is 4.30. The zero-order chi connectivity index (χ0) is 13.5. The second-order valence-corrected chi connectivity index (χ2v) is 5.75. The van der Waals surface area contributed by atoms with Gasteiger partial charge in [-0.05, 0) is 37.5 Å². The summed E-state index contributed by atoms with van der Waals surface area (Å²) in [5.41, 5.74) is 1.18. The molecule has 0 heterocycles. The third kappa shape index (κ3) is 5.42. The Morgan fingerprint density at radius 3 is 2.84 bits per heavy atom. The van der Waals surface area contributed by atoms with Crippen LogP contribution in [0.5, 0.6) is 5.75 Å². The van der Waals surface area contributed by atoms with Gasteiger partial charge in [0.2, 0.25) is 0 Å². The fourth-order valence-electron chi connectivity index (χ4n) is 2.08. The molecule has 19 heavy (non-hydrogen) atoms. The molecule has 0 radical (unpaired) electrons. The van der Waals surface area contributed by atoms with Crippen molar-refractivity contribution in [1.29, 1.82) is 0 Å². The van der Waals surface area contributed by atoms with E-state index in [-0.39, 0.29) is 0 Å². The zero-order valence-electron chi connectivity index (χ0n) is 11.8. The minimum absolute atomic E-state index is 0.705. The van der Waals surface area contributed by atoms with Crippen LogP contribution in [0.15, 0.2) is 18.2 Å². The molecule has 3 heteroatoms. The number of ether oxygens (including phenoxy) is 1. The van der Waals surface area contributed by atoms with Crippen LogP contribution < -0.4 is 10.1 Å². The molecule has 0 unspecified atom stereocenters. The normalized spacial score (nSPS) is 14.6. The molecule has 1 aliphatic carbocycles. The Morgan fingerprint density at radius 1 is 1.26 bits per heavy atom. The second kappa shape index (κ2) is 7.76. The molecule has 1 aliphatic rings. The van der Waals surface area contributed by atoms with Crippen LogP contribution in [0.1, 0.15) is 51.0 Å². The fourth-order valence-corrected chi connectivity index (χ4v) is 2.27. The lowest BCUT2D eigenvalue weighted by molar-refractivity contribution is 0.301. The van der Waals surface area contributed by atoms with Crippen LogP contribution in [0.4, 0.5) is 0 Å². The molecule has 0 amide bonds. The van der Waals surface area contributed by atoms with Crippen LogP contribution in [0.25, 0.3) is 0 Å². The smallest absolute Gasteiger partial charge is 0.123 e. The first-order valence-corrected chi connectivity index (χ1v) is 7.82. The minimum atomic E-state index is 0.705. The average Bonchev–Trinajstić information content (AvgIpc) is 3.22. The average molecular weight is 282 g/mol. The Balaban J connectivity index is 1.82. The number of nitrogens with one attached hydrogen (secondary N) is 1. The summed E-state index contributed by atoms with van der Waals surface area (Å²) in [6.45, 7) is 3.88. The van der Waals surface area contributed by atoms with Crippen LogP contribution >= 0.6 is 11.6 Å². The Hall–Kier alpha value is -0.730. The molecule has 0 bridgehead atoms. The van der Waals surface area contributed by atoms with E-state index in [4.69, 9.17) is 16.3 Å². The predicted molar refractivity (Wildman–Crippen MR) is 81.0 cm³/mol. The van der Waals surface area contributed by atoms with Crippen LogP contribution in [0, 0.1) is 0 Å². The van der Waals surface area contributed by atoms with Crippen LogP contribution in [0.3, 0.4) is 0 Å². The largest absolute Gasteiger partial charge is 0.493 e. The summed E-state index contributed by atoms with van der Waals surface area (Å²) >= 11 is 6.07. The minimum Gasteiger partial charge on any atom is -0.493 e. The van der Waals surface area contributed by atoms with E-state index < -0.39 is 0 Å². The molecule has 106 valence electrons. The van der Waals surface area contributed by atoms with Gasteiger partial charge in [0.1, 0.15) is 5.75 Å². The van der Waals surface area contributed by atoms with E-state index in [2.05, 4.69) is 12.2 Å². The number of unbranched alkanes of at least 4 members (excludes halogenated alkanes) is 3. The molecule has 1 saturated carbocycles. The molecule has 0 aliphatic heterocycles. The Kier molecular flexibility index (Phi) is 5.99. The number of rotatable bonds is 9. The number of hydrogen-bond acceptors (Lipinski definition) is 2. The SMILES string of the molecule is CCCCCCOc1ccc(Cl)cc1CNC1CC1. The maximum atomic E-state index is 6.07. The van der Waals surface area contributed by atoms with E-state index in [0.29, 0.717) is 6.04 Å². The third-order valence-corrected chi connectivity index (χ3v) is 3.67. The van der Waals surface area contributed by atoms with Gasteiger partial charge in [-0.25, -0.2) is 0 Å². The molecule has 2 nitrogen and oxygen atoms in total. The van der Waals surface area contributed by atoms with Crippen LogP contribution in [0.2, 0.25) is 5.02 Å². The highest BCUT2D eigenvalue weighted by atomic mass is 35.5. The molecular weight excluding hydrogens is 258 g/mol. The van der Waals surface area contributed by atoms with E-state index in [9.17, 15) is 0 Å². The van der Waals surface area contributed by atoms with E-state index in [1.165, 1.54) is 37.7 Å².